The highest BCUT2D eigenvalue weighted by atomic mass is 35.5. The maximum atomic E-state index is 13.3. The third-order valence-corrected chi connectivity index (χ3v) is 3.47. The van der Waals surface area contributed by atoms with Crippen LogP contribution in [0.2, 0.25) is 0 Å². The van der Waals surface area contributed by atoms with Crippen LogP contribution in [0.25, 0.3) is 0 Å². The number of nitrogens with zero attached hydrogens (tertiary/aromatic N) is 1. The minimum Gasteiger partial charge on any atom is -0.369 e. The molecule has 0 aliphatic carbocycles. The van der Waals surface area contributed by atoms with Crippen LogP contribution < -0.4 is 16.0 Å². The monoisotopic (exact) mass is 351 g/mol. The predicted molar refractivity (Wildman–Crippen MR) is 92.5 cm³/mol. The first-order valence-electron chi connectivity index (χ1n) is 7.10. The number of halogens is 3. The number of hydrogen-bond donors (Lipinski definition) is 2. The minimum absolute atomic E-state index is 0. The number of carbonyl (C=O) groups is 1. The Morgan fingerprint density at radius 1 is 1.50 bits per heavy atom. The first-order chi connectivity index (χ1) is 9.54. The number of rotatable bonds is 4. The predicted octanol–water partition coefficient (Wildman–Crippen LogP) is 2.49. The van der Waals surface area contributed by atoms with Crippen LogP contribution in [0.15, 0.2) is 24.3 Å². The average molecular weight is 352 g/mol. The van der Waals surface area contributed by atoms with Crippen molar-refractivity contribution < 1.29 is 9.18 Å². The van der Waals surface area contributed by atoms with Crippen molar-refractivity contribution in [2.45, 2.75) is 38.3 Å². The van der Waals surface area contributed by atoms with Gasteiger partial charge in [0, 0.05) is 37.3 Å². The van der Waals surface area contributed by atoms with Gasteiger partial charge in [-0.2, -0.15) is 0 Å². The molecule has 0 aromatic heterocycles. The number of anilines is 1. The van der Waals surface area contributed by atoms with Crippen molar-refractivity contribution >= 4 is 36.4 Å². The first-order valence-corrected chi connectivity index (χ1v) is 7.10. The molecule has 22 heavy (non-hydrogen) atoms. The first kappa shape index (κ1) is 21.0. The Hall–Kier alpha value is -1.04. The quantitative estimate of drug-likeness (QED) is 0.875. The van der Waals surface area contributed by atoms with E-state index in [1.807, 2.05) is 13.0 Å². The van der Waals surface area contributed by atoms with Gasteiger partial charge in [-0.1, -0.05) is 6.07 Å². The van der Waals surface area contributed by atoms with E-state index in [9.17, 15) is 9.18 Å². The van der Waals surface area contributed by atoms with Crippen molar-refractivity contribution in [3.63, 3.8) is 0 Å². The molecule has 1 saturated heterocycles. The summed E-state index contributed by atoms with van der Waals surface area (Å²) in [5, 5.41) is 3.01. The Kier molecular flexibility index (Phi) is 9.41. The Bertz CT molecular complexity index is 474. The van der Waals surface area contributed by atoms with Crippen LogP contribution >= 0.6 is 24.8 Å². The number of piperidine rings is 1. The number of benzene rings is 1. The Balaban J connectivity index is 0.00000220. The molecule has 126 valence electrons. The van der Waals surface area contributed by atoms with Gasteiger partial charge in [-0.05, 0) is 38.0 Å². The van der Waals surface area contributed by atoms with E-state index in [-0.39, 0.29) is 48.6 Å². The third-order valence-electron chi connectivity index (χ3n) is 3.47. The van der Waals surface area contributed by atoms with Gasteiger partial charge in [0.25, 0.3) is 0 Å². The largest absolute Gasteiger partial charge is 0.369 e. The van der Waals surface area contributed by atoms with Crippen LogP contribution in [-0.4, -0.2) is 31.1 Å². The highest BCUT2D eigenvalue weighted by Gasteiger charge is 2.22. The molecule has 7 heteroatoms. The fraction of sp³-hybridized carbons (Fsp3) is 0.533. The Morgan fingerprint density at radius 3 is 2.86 bits per heavy atom. The van der Waals surface area contributed by atoms with Crippen LogP contribution in [0.5, 0.6) is 0 Å². The molecule has 1 amide bonds. The van der Waals surface area contributed by atoms with E-state index in [1.165, 1.54) is 12.1 Å². The topological polar surface area (TPSA) is 58.4 Å². The molecule has 2 atom stereocenters. The van der Waals surface area contributed by atoms with Crippen molar-refractivity contribution in [2.24, 2.45) is 5.73 Å². The summed E-state index contributed by atoms with van der Waals surface area (Å²) < 4.78 is 13.3. The van der Waals surface area contributed by atoms with Crippen molar-refractivity contribution in [3.8, 4) is 0 Å². The molecule has 4 nitrogen and oxygen atoms in total. The van der Waals surface area contributed by atoms with E-state index in [0.29, 0.717) is 13.0 Å². The van der Waals surface area contributed by atoms with E-state index >= 15 is 0 Å². The van der Waals surface area contributed by atoms with Gasteiger partial charge in [-0.25, -0.2) is 4.39 Å². The summed E-state index contributed by atoms with van der Waals surface area (Å²) in [7, 11) is 0. The van der Waals surface area contributed by atoms with Gasteiger partial charge < -0.3 is 16.0 Å². The van der Waals surface area contributed by atoms with E-state index in [4.69, 9.17) is 5.73 Å². The molecule has 3 N–H and O–H groups in total. The number of amides is 1. The summed E-state index contributed by atoms with van der Waals surface area (Å²) in [6.07, 6.45) is 2.28. The molecule has 1 aromatic carbocycles. The lowest BCUT2D eigenvalue weighted by Crippen LogP contribution is -2.48. The van der Waals surface area contributed by atoms with Crippen LogP contribution in [0.4, 0.5) is 10.1 Å². The molecule has 2 rings (SSSR count). The van der Waals surface area contributed by atoms with E-state index in [1.54, 1.807) is 6.07 Å². The maximum Gasteiger partial charge on any atom is 0.221 e. The van der Waals surface area contributed by atoms with E-state index in [2.05, 4.69) is 10.2 Å². The summed E-state index contributed by atoms with van der Waals surface area (Å²) in [5.41, 5.74) is 6.49. The highest BCUT2D eigenvalue weighted by molar-refractivity contribution is 5.85. The normalized spacial score (nSPS) is 18.7. The SMILES string of the molecule is CC(N)CC(=O)NC1CCCN(c2cccc(F)c2)C1.Cl.Cl. The van der Waals surface area contributed by atoms with Crippen LogP contribution in [0.1, 0.15) is 26.2 Å². The molecule has 1 fully saturated rings. The van der Waals surface area contributed by atoms with E-state index in [0.717, 1.165) is 25.1 Å². The lowest BCUT2D eigenvalue weighted by Gasteiger charge is -2.35. The molecule has 1 aliphatic rings. The second kappa shape index (κ2) is 9.87. The lowest BCUT2D eigenvalue weighted by atomic mass is 10.0. The molecule has 1 heterocycles. The number of hydrogen-bond acceptors (Lipinski definition) is 3. The van der Waals surface area contributed by atoms with Gasteiger partial charge in [-0.15, -0.1) is 24.8 Å². The zero-order valence-corrected chi connectivity index (χ0v) is 14.3. The summed E-state index contributed by atoms with van der Waals surface area (Å²) >= 11 is 0. The summed E-state index contributed by atoms with van der Waals surface area (Å²) in [6.45, 7) is 3.43. The zero-order valence-electron chi connectivity index (χ0n) is 12.6. The maximum absolute atomic E-state index is 13.3. The van der Waals surface area contributed by atoms with Crippen LogP contribution in [-0.2, 0) is 4.79 Å². The fourth-order valence-electron chi connectivity index (χ4n) is 2.58. The van der Waals surface area contributed by atoms with Crippen molar-refractivity contribution in [1.82, 2.24) is 5.32 Å². The molecule has 1 aliphatic heterocycles. The molecule has 2 unspecified atom stereocenters. The number of nitrogens with two attached hydrogens (primary N) is 1. The average Bonchev–Trinajstić information content (AvgIpc) is 2.38. The van der Waals surface area contributed by atoms with Gasteiger partial charge in [0.1, 0.15) is 5.82 Å². The van der Waals surface area contributed by atoms with Gasteiger partial charge in [0.05, 0.1) is 0 Å². The second-order valence-corrected chi connectivity index (χ2v) is 5.51. The van der Waals surface area contributed by atoms with Gasteiger partial charge >= 0.3 is 0 Å². The van der Waals surface area contributed by atoms with Crippen molar-refractivity contribution in [3.05, 3.63) is 30.1 Å². The highest BCUT2D eigenvalue weighted by Crippen LogP contribution is 2.20. The lowest BCUT2D eigenvalue weighted by molar-refractivity contribution is -0.122. The van der Waals surface area contributed by atoms with Crippen molar-refractivity contribution in [1.29, 1.82) is 0 Å². The van der Waals surface area contributed by atoms with Crippen LogP contribution in [0.3, 0.4) is 0 Å². The van der Waals surface area contributed by atoms with Crippen molar-refractivity contribution in [2.75, 3.05) is 18.0 Å². The van der Waals surface area contributed by atoms with Gasteiger partial charge in [-0.3, -0.25) is 4.79 Å². The number of carbonyl (C=O) groups excluding carboxylic acids is 1. The molecule has 0 spiro atoms. The fourth-order valence-corrected chi connectivity index (χ4v) is 2.58. The van der Waals surface area contributed by atoms with Crippen LogP contribution in [0, 0.1) is 5.82 Å². The second-order valence-electron chi connectivity index (χ2n) is 5.51. The molecule has 0 saturated carbocycles. The molecule has 1 aromatic rings. The Morgan fingerprint density at radius 2 is 2.23 bits per heavy atom. The molecule has 0 radical (unpaired) electrons. The summed E-state index contributed by atoms with van der Waals surface area (Å²) in [4.78, 5) is 13.9. The van der Waals surface area contributed by atoms with E-state index < -0.39 is 0 Å². The van der Waals surface area contributed by atoms with Gasteiger partial charge in [0.2, 0.25) is 5.91 Å². The van der Waals surface area contributed by atoms with Gasteiger partial charge in [0.15, 0.2) is 0 Å². The smallest absolute Gasteiger partial charge is 0.221 e. The molecule has 0 bridgehead atoms. The summed E-state index contributed by atoms with van der Waals surface area (Å²) in [6, 6.07) is 6.57. The molecular formula is C15H24Cl2FN3O. The standard InChI is InChI=1S/C15H22FN3O.2ClH/c1-11(17)8-15(20)18-13-5-3-7-19(10-13)14-6-2-4-12(16)9-14;;/h2,4,6,9,11,13H,3,5,7-8,10,17H2,1H3,(H,18,20);2*1H. The Labute approximate surface area is 143 Å². The number of nitrogens with one attached hydrogen (secondary N) is 1. The third kappa shape index (κ3) is 6.38. The minimum atomic E-state index is -0.231. The molecular weight excluding hydrogens is 328 g/mol. The summed E-state index contributed by atoms with van der Waals surface area (Å²) in [5.74, 6) is -0.239. The zero-order chi connectivity index (χ0) is 14.5.